The summed E-state index contributed by atoms with van der Waals surface area (Å²) in [6, 6.07) is 8.68. The molecule has 0 aromatic heterocycles. The van der Waals surface area contributed by atoms with Crippen molar-refractivity contribution in [2.24, 2.45) is 5.92 Å². The van der Waals surface area contributed by atoms with Crippen molar-refractivity contribution in [3.63, 3.8) is 0 Å². The molecule has 0 heterocycles. The van der Waals surface area contributed by atoms with Gasteiger partial charge in [-0.25, -0.2) is 4.79 Å². The summed E-state index contributed by atoms with van der Waals surface area (Å²) in [5.41, 5.74) is 0.184. The molecule has 22 heavy (non-hydrogen) atoms. The number of carbonyl (C=O) groups excluding carboxylic acids is 2. The minimum Gasteiger partial charge on any atom is -0.444 e. The Morgan fingerprint density at radius 1 is 1.14 bits per heavy atom. The molecule has 1 rings (SSSR count). The maximum atomic E-state index is 12.6. The molecule has 0 fully saturated rings. The first kappa shape index (κ1) is 18.0. The smallest absolute Gasteiger partial charge is 0.408 e. The summed E-state index contributed by atoms with van der Waals surface area (Å²) in [6.45, 7) is 9.14. The molecule has 5 nitrogen and oxygen atoms in total. The van der Waals surface area contributed by atoms with Crippen LogP contribution in [0, 0.1) is 5.92 Å². The van der Waals surface area contributed by atoms with E-state index in [4.69, 9.17) is 4.74 Å². The van der Waals surface area contributed by atoms with Crippen LogP contribution in [0.1, 0.15) is 34.6 Å². The average Bonchev–Trinajstić information content (AvgIpc) is 2.42. The van der Waals surface area contributed by atoms with Gasteiger partial charge in [0, 0.05) is 12.7 Å². The second kappa shape index (κ2) is 7.29. The number of hydrogen-bond donors (Lipinski definition) is 1. The normalized spacial score (nSPS) is 12.7. The molecular formula is C17H26N2O3. The standard InChI is InChI=1S/C17H26N2O3/c1-12(2)14(18-16(21)22-17(3,4)5)15(20)19(6)13-10-8-7-9-11-13/h7-12,14H,1-6H3,(H,18,21). The van der Waals surface area contributed by atoms with Gasteiger partial charge in [0.2, 0.25) is 5.91 Å². The molecule has 0 spiro atoms. The number of amides is 2. The largest absolute Gasteiger partial charge is 0.444 e. The van der Waals surface area contributed by atoms with E-state index in [9.17, 15) is 9.59 Å². The number of carbonyl (C=O) groups is 2. The summed E-state index contributed by atoms with van der Waals surface area (Å²) in [5.74, 6) is -0.224. The molecule has 0 saturated heterocycles. The first-order chi connectivity index (χ1) is 10.1. The fourth-order valence-corrected chi connectivity index (χ4v) is 1.94. The minimum absolute atomic E-state index is 0.0498. The number of rotatable bonds is 4. The summed E-state index contributed by atoms with van der Waals surface area (Å²) in [7, 11) is 1.70. The quantitative estimate of drug-likeness (QED) is 0.929. The van der Waals surface area contributed by atoms with Crippen LogP contribution in [0.25, 0.3) is 0 Å². The van der Waals surface area contributed by atoms with Gasteiger partial charge in [-0.2, -0.15) is 0 Å². The van der Waals surface area contributed by atoms with E-state index in [-0.39, 0.29) is 11.8 Å². The molecule has 0 saturated carbocycles. The summed E-state index contributed by atoms with van der Waals surface area (Å²) in [5, 5.41) is 2.67. The van der Waals surface area contributed by atoms with Crippen LogP contribution < -0.4 is 10.2 Å². The van der Waals surface area contributed by atoms with Crippen molar-refractivity contribution in [1.29, 1.82) is 0 Å². The van der Waals surface area contributed by atoms with E-state index < -0.39 is 17.7 Å². The first-order valence-electron chi connectivity index (χ1n) is 7.44. The molecule has 2 amide bonds. The molecule has 0 aliphatic heterocycles. The fourth-order valence-electron chi connectivity index (χ4n) is 1.94. The lowest BCUT2D eigenvalue weighted by Gasteiger charge is -2.28. The third-order valence-electron chi connectivity index (χ3n) is 3.08. The maximum absolute atomic E-state index is 12.6. The van der Waals surface area contributed by atoms with E-state index >= 15 is 0 Å². The Balaban J connectivity index is 2.82. The van der Waals surface area contributed by atoms with Crippen molar-refractivity contribution in [1.82, 2.24) is 5.32 Å². The number of ether oxygens (including phenoxy) is 1. The van der Waals surface area contributed by atoms with Gasteiger partial charge < -0.3 is 15.0 Å². The molecule has 5 heteroatoms. The highest BCUT2D eigenvalue weighted by Crippen LogP contribution is 2.15. The Bertz CT molecular complexity index is 506. The molecule has 122 valence electrons. The zero-order valence-electron chi connectivity index (χ0n) is 14.2. The van der Waals surface area contributed by atoms with E-state index in [0.29, 0.717) is 0 Å². The predicted octanol–water partition coefficient (Wildman–Crippen LogP) is 3.20. The highest BCUT2D eigenvalue weighted by atomic mass is 16.6. The number of alkyl carbamates (subject to hydrolysis) is 1. The van der Waals surface area contributed by atoms with Gasteiger partial charge in [0.05, 0.1) is 0 Å². The van der Waals surface area contributed by atoms with Gasteiger partial charge in [0.1, 0.15) is 11.6 Å². The van der Waals surface area contributed by atoms with E-state index in [1.807, 2.05) is 44.2 Å². The minimum atomic E-state index is -0.639. The van der Waals surface area contributed by atoms with Crippen LogP contribution in [0.4, 0.5) is 10.5 Å². The van der Waals surface area contributed by atoms with Crippen molar-refractivity contribution in [3.8, 4) is 0 Å². The number of nitrogens with zero attached hydrogens (tertiary/aromatic N) is 1. The Morgan fingerprint density at radius 2 is 1.68 bits per heavy atom. The highest BCUT2D eigenvalue weighted by Gasteiger charge is 2.29. The summed E-state index contributed by atoms with van der Waals surface area (Å²) in [6.07, 6.45) is -0.582. The monoisotopic (exact) mass is 306 g/mol. The molecule has 1 unspecified atom stereocenters. The third kappa shape index (κ3) is 5.39. The first-order valence-corrected chi connectivity index (χ1v) is 7.44. The average molecular weight is 306 g/mol. The Labute approximate surface area is 132 Å². The summed E-state index contributed by atoms with van der Waals surface area (Å²) in [4.78, 5) is 26.1. The SMILES string of the molecule is CC(C)C(NC(=O)OC(C)(C)C)C(=O)N(C)c1ccccc1. The highest BCUT2D eigenvalue weighted by molar-refractivity contribution is 5.98. The number of anilines is 1. The van der Waals surface area contributed by atoms with E-state index in [1.165, 1.54) is 0 Å². The molecule has 1 N–H and O–H groups in total. The second-order valence-corrected chi connectivity index (χ2v) is 6.60. The lowest BCUT2D eigenvalue weighted by molar-refractivity contribution is -0.121. The van der Waals surface area contributed by atoms with Crippen LogP contribution in [-0.4, -0.2) is 30.7 Å². The zero-order valence-corrected chi connectivity index (χ0v) is 14.2. The van der Waals surface area contributed by atoms with Crippen molar-refractivity contribution >= 4 is 17.7 Å². The Morgan fingerprint density at radius 3 is 2.14 bits per heavy atom. The van der Waals surface area contributed by atoms with Crippen LogP contribution in [0.2, 0.25) is 0 Å². The summed E-state index contributed by atoms with van der Waals surface area (Å²) >= 11 is 0. The number of likely N-dealkylation sites (N-methyl/N-ethyl adjacent to an activating group) is 1. The van der Waals surface area contributed by atoms with Gasteiger partial charge in [-0.1, -0.05) is 32.0 Å². The molecule has 0 aliphatic rings. The van der Waals surface area contributed by atoms with Gasteiger partial charge in [0.15, 0.2) is 0 Å². The van der Waals surface area contributed by atoms with Gasteiger partial charge in [-0.15, -0.1) is 0 Å². The number of para-hydroxylation sites is 1. The predicted molar refractivity (Wildman–Crippen MR) is 87.8 cm³/mol. The molecule has 1 aromatic rings. The Kier molecular flexibility index (Phi) is 5.97. The number of benzene rings is 1. The molecule has 0 aliphatic carbocycles. The van der Waals surface area contributed by atoms with Crippen LogP contribution in [0.15, 0.2) is 30.3 Å². The van der Waals surface area contributed by atoms with Crippen LogP contribution in [0.3, 0.4) is 0 Å². The topological polar surface area (TPSA) is 58.6 Å². The Hall–Kier alpha value is -2.04. The van der Waals surface area contributed by atoms with Crippen molar-refractivity contribution in [2.75, 3.05) is 11.9 Å². The lowest BCUT2D eigenvalue weighted by Crippen LogP contribution is -2.51. The van der Waals surface area contributed by atoms with Crippen molar-refractivity contribution in [2.45, 2.75) is 46.3 Å². The molecule has 1 aromatic carbocycles. The molecule has 0 radical (unpaired) electrons. The van der Waals surface area contributed by atoms with Crippen LogP contribution in [-0.2, 0) is 9.53 Å². The maximum Gasteiger partial charge on any atom is 0.408 e. The summed E-state index contributed by atoms with van der Waals surface area (Å²) < 4.78 is 5.23. The van der Waals surface area contributed by atoms with Crippen molar-refractivity contribution in [3.05, 3.63) is 30.3 Å². The van der Waals surface area contributed by atoms with Crippen molar-refractivity contribution < 1.29 is 14.3 Å². The van der Waals surface area contributed by atoms with Crippen LogP contribution in [0.5, 0.6) is 0 Å². The third-order valence-corrected chi connectivity index (χ3v) is 3.08. The fraction of sp³-hybridized carbons (Fsp3) is 0.529. The van der Waals surface area contributed by atoms with Gasteiger partial charge >= 0.3 is 6.09 Å². The van der Waals surface area contributed by atoms with Gasteiger partial charge in [-0.05, 0) is 38.8 Å². The van der Waals surface area contributed by atoms with E-state index in [1.54, 1.807) is 32.7 Å². The van der Waals surface area contributed by atoms with Gasteiger partial charge in [0.25, 0.3) is 0 Å². The zero-order chi connectivity index (χ0) is 16.9. The van der Waals surface area contributed by atoms with Crippen LogP contribution >= 0.6 is 0 Å². The molecule has 0 bridgehead atoms. The number of hydrogen-bond acceptors (Lipinski definition) is 3. The number of nitrogens with one attached hydrogen (secondary N) is 1. The van der Waals surface area contributed by atoms with E-state index in [2.05, 4.69) is 5.32 Å². The second-order valence-electron chi connectivity index (χ2n) is 6.60. The van der Waals surface area contributed by atoms with E-state index in [0.717, 1.165) is 5.69 Å². The van der Waals surface area contributed by atoms with Gasteiger partial charge in [-0.3, -0.25) is 4.79 Å². The molecule has 1 atom stereocenters. The molecular weight excluding hydrogens is 280 g/mol. The lowest BCUT2D eigenvalue weighted by atomic mass is 10.0.